The minimum absolute atomic E-state index is 1.05. The predicted molar refractivity (Wildman–Crippen MR) is 92.8 cm³/mol. The number of hydrogen-bond acceptors (Lipinski definition) is 3. The predicted octanol–water partition coefficient (Wildman–Crippen LogP) is 2.99. The number of rotatable bonds is 7. The quantitative estimate of drug-likeness (QED) is 0.781. The van der Waals surface area contributed by atoms with Crippen molar-refractivity contribution in [3.05, 3.63) is 34.9 Å². The van der Waals surface area contributed by atoms with Crippen molar-refractivity contribution in [1.29, 1.82) is 0 Å². The molecule has 3 heteroatoms. The van der Waals surface area contributed by atoms with Crippen LogP contribution in [0.3, 0.4) is 0 Å². The monoisotopic (exact) mass is 301 g/mol. The van der Waals surface area contributed by atoms with Gasteiger partial charge in [0, 0.05) is 45.8 Å². The lowest BCUT2D eigenvalue weighted by molar-refractivity contribution is 0.125. The average molecular weight is 301 g/mol. The summed E-state index contributed by atoms with van der Waals surface area (Å²) in [6.07, 6.45) is 5.52. The van der Waals surface area contributed by atoms with E-state index in [9.17, 15) is 0 Å². The molecule has 0 aromatic heterocycles. The summed E-state index contributed by atoms with van der Waals surface area (Å²) in [5, 5.41) is 3.43. The maximum absolute atomic E-state index is 3.43. The Morgan fingerprint density at radius 1 is 0.909 bits per heavy atom. The molecule has 1 aromatic rings. The number of benzene rings is 1. The standard InChI is InChI=1S/C19H31N3/c1-2-3-4-5-8-21-9-11-22(12-10-21)16-17-6-7-18-14-20-15-19(18)13-17/h6-7,13,20H,2-5,8-12,14-16H2,1H3. The van der Waals surface area contributed by atoms with Gasteiger partial charge in [-0.15, -0.1) is 0 Å². The molecule has 2 heterocycles. The number of nitrogens with one attached hydrogen (secondary N) is 1. The van der Waals surface area contributed by atoms with Gasteiger partial charge in [0.15, 0.2) is 0 Å². The van der Waals surface area contributed by atoms with Crippen LogP contribution in [-0.4, -0.2) is 42.5 Å². The van der Waals surface area contributed by atoms with Gasteiger partial charge in [0.25, 0.3) is 0 Å². The Kier molecular flexibility index (Phi) is 5.88. The van der Waals surface area contributed by atoms with Crippen molar-refractivity contribution >= 4 is 0 Å². The highest BCUT2D eigenvalue weighted by atomic mass is 15.3. The van der Waals surface area contributed by atoms with Gasteiger partial charge in [-0.2, -0.15) is 0 Å². The Labute approximate surface area is 135 Å². The zero-order valence-electron chi connectivity index (χ0n) is 14.1. The first kappa shape index (κ1) is 16.0. The molecule has 0 bridgehead atoms. The van der Waals surface area contributed by atoms with Crippen LogP contribution in [0.25, 0.3) is 0 Å². The molecule has 1 aromatic carbocycles. The van der Waals surface area contributed by atoms with Crippen LogP contribution < -0.4 is 5.32 Å². The molecule has 0 radical (unpaired) electrons. The van der Waals surface area contributed by atoms with Crippen molar-refractivity contribution in [2.24, 2.45) is 0 Å². The van der Waals surface area contributed by atoms with E-state index in [4.69, 9.17) is 0 Å². The molecule has 22 heavy (non-hydrogen) atoms. The summed E-state index contributed by atoms with van der Waals surface area (Å²) >= 11 is 0. The summed E-state index contributed by atoms with van der Waals surface area (Å²) < 4.78 is 0. The fraction of sp³-hybridized carbons (Fsp3) is 0.684. The molecule has 122 valence electrons. The van der Waals surface area contributed by atoms with E-state index in [1.807, 2.05) is 0 Å². The summed E-state index contributed by atoms with van der Waals surface area (Å²) in [6.45, 7) is 11.8. The Hall–Kier alpha value is -0.900. The fourth-order valence-corrected chi connectivity index (χ4v) is 3.64. The van der Waals surface area contributed by atoms with Crippen LogP contribution in [0.2, 0.25) is 0 Å². The maximum Gasteiger partial charge on any atom is 0.0234 e. The third-order valence-electron chi connectivity index (χ3n) is 5.10. The summed E-state index contributed by atoms with van der Waals surface area (Å²) in [5.74, 6) is 0. The smallest absolute Gasteiger partial charge is 0.0234 e. The lowest BCUT2D eigenvalue weighted by Crippen LogP contribution is -2.46. The van der Waals surface area contributed by atoms with Crippen molar-refractivity contribution in [1.82, 2.24) is 15.1 Å². The second-order valence-electron chi connectivity index (χ2n) is 6.89. The average Bonchev–Trinajstić information content (AvgIpc) is 3.01. The highest BCUT2D eigenvalue weighted by Crippen LogP contribution is 2.18. The first-order valence-corrected chi connectivity index (χ1v) is 9.11. The van der Waals surface area contributed by atoms with Crippen molar-refractivity contribution in [2.45, 2.75) is 52.2 Å². The number of piperazine rings is 1. The van der Waals surface area contributed by atoms with Crippen molar-refractivity contribution < 1.29 is 0 Å². The molecule has 1 saturated heterocycles. The van der Waals surface area contributed by atoms with E-state index in [-0.39, 0.29) is 0 Å². The number of unbranched alkanes of at least 4 members (excludes halogenated alkanes) is 3. The lowest BCUT2D eigenvalue weighted by Gasteiger charge is -2.34. The minimum atomic E-state index is 1.05. The van der Waals surface area contributed by atoms with Crippen LogP contribution in [0.1, 0.15) is 49.3 Å². The molecule has 0 unspecified atom stereocenters. The van der Waals surface area contributed by atoms with Gasteiger partial charge in [-0.1, -0.05) is 44.4 Å². The highest BCUT2D eigenvalue weighted by Gasteiger charge is 2.17. The maximum atomic E-state index is 3.43. The Morgan fingerprint density at radius 3 is 2.50 bits per heavy atom. The second-order valence-corrected chi connectivity index (χ2v) is 6.89. The molecule has 0 amide bonds. The highest BCUT2D eigenvalue weighted by molar-refractivity contribution is 5.34. The third kappa shape index (κ3) is 4.31. The van der Waals surface area contributed by atoms with Gasteiger partial charge in [-0.05, 0) is 29.7 Å². The van der Waals surface area contributed by atoms with E-state index in [1.54, 1.807) is 0 Å². The van der Waals surface area contributed by atoms with Crippen molar-refractivity contribution in [2.75, 3.05) is 32.7 Å². The fourth-order valence-electron chi connectivity index (χ4n) is 3.64. The Bertz CT molecular complexity index is 464. The molecule has 0 aliphatic carbocycles. The van der Waals surface area contributed by atoms with Gasteiger partial charge in [-0.3, -0.25) is 4.90 Å². The van der Waals surface area contributed by atoms with E-state index in [2.05, 4.69) is 40.2 Å². The van der Waals surface area contributed by atoms with E-state index in [0.29, 0.717) is 0 Å². The van der Waals surface area contributed by atoms with E-state index >= 15 is 0 Å². The molecular weight excluding hydrogens is 270 g/mol. The van der Waals surface area contributed by atoms with Gasteiger partial charge in [-0.25, -0.2) is 0 Å². The molecule has 2 aliphatic rings. The summed E-state index contributed by atoms with van der Waals surface area (Å²) in [4.78, 5) is 5.27. The molecule has 3 nitrogen and oxygen atoms in total. The molecule has 3 rings (SSSR count). The number of nitrogens with zero attached hydrogens (tertiary/aromatic N) is 2. The van der Waals surface area contributed by atoms with E-state index < -0.39 is 0 Å². The SMILES string of the molecule is CCCCCCN1CCN(Cc2ccc3c(c2)CNC3)CC1. The molecule has 1 fully saturated rings. The first-order valence-electron chi connectivity index (χ1n) is 9.11. The first-order chi connectivity index (χ1) is 10.8. The molecular formula is C19H31N3. The van der Waals surface area contributed by atoms with Crippen molar-refractivity contribution in [3.8, 4) is 0 Å². The Morgan fingerprint density at radius 2 is 1.68 bits per heavy atom. The zero-order valence-corrected chi connectivity index (χ0v) is 14.1. The van der Waals surface area contributed by atoms with Crippen LogP contribution in [0.4, 0.5) is 0 Å². The van der Waals surface area contributed by atoms with Crippen LogP contribution >= 0.6 is 0 Å². The van der Waals surface area contributed by atoms with E-state index in [0.717, 1.165) is 19.6 Å². The van der Waals surface area contributed by atoms with Gasteiger partial charge in [0.1, 0.15) is 0 Å². The largest absolute Gasteiger partial charge is 0.309 e. The topological polar surface area (TPSA) is 18.5 Å². The van der Waals surface area contributed by atoms with Gasteiger partial charge >= 0.3 is 0 Å². The van der Waals surface area contributed by atoms with Gasteiger partial charge in [0.05, 0.1) is 0 Å². The van der Waals surface area contributed by atoms with Crippen LogP contribution in [0, 0.1) is 0 Å². The van der Waals surface area contributed by atoms with Gasteiger partial charge in [0.2, 0.25) is 0 Å². The molecule has 2 aliphatic heterocycles. The van der Waals surface area contributed by atoms with Gasteiger partial charge < -0.3 is 10.2 Å². The third-order valence-corrected chi connectivity index (χ3v) is 5.10. The van der Waals surface area contributed by atoms with Crippen molar-refractivity contribution in [3.63, 3.8) is 0 Å². The lowest BCUT2D eigenvalue weighted by atomic mass is 10.1. The van der Waals surface area contributed by atoms with Crippen LogP contribution in [0.15, 0.2) is 18.2 Å². The normalized spacial score (nSPS) is 19.5. The minimum Gasteiger partial charge on any atom is -0.309 e. The van der Waals surface area contributed by atoms with Crippen LogP contribution in [-0.2, 0) is 19.6 Å². The van der Waals surface area contributed by atoms with E-state index in [1.165, 1.54) is 75.1 Å². The molecule has 0 spiro atoms. The summed E-state index contributed by atoms with van der Waals surface area (Å²) in [7, 11) is 0. The summed E-state index contributed by atoms with van der Waals surface area (Å²) in [6, 6.07) is 7.05. The van der Waals surface area contributed by atoms with Crippen LogP contribution in [0.5, 0.6) is 0 Å². The zero-order chi connectivity index (χ0) is 15.2. The number of hydrogen-bond donors (Lipinski definition) is 1. The summed E-state index contributed by atoms with van der Waals surface area (Å²) in [5.41, 5.74) is 4.48. The Balaban J connectivity index is 1.40. The molecule has 0 atom stereocenters. The second kappa shape index (κ2) is 8.09. The number of fused-ring (bicyclic) bond motifs is 1. The molecule has 1 N–H and O–H groups in total. The molecule has 0 saturated carbocycles.